The quantitative estimate of drug-likeness (QED) is 0.510. The molecule has 0 N–H and O–H groups in total. The number of hydrogen-bond acceptors (Lipinski definition) is 4. The number of imidazole rings is 1. The van der Waals surface area contributed by atoms with E-state index in [2.05, 4.69) is 0 Å². The second-order valence-corrected chi connectivity index (χ2v) is 6.36. The van der Waals surface area contributed by atoms with E-state index < -0.39 is 5.97 Å². The Morgan fingerprint density at radius 2 is 1.70 bits per heavy atom. The van der Waals surface area contributed by atoms with Gasteiger partial charge in [0.2, 0.25) is 0 Å². The second kappa shape index (κ2) is 6.68. The maximum Gasteiger partial charge on any atom is 0.339 e. The summed E-state index contributed by atoms with van der Waals surface area (Å²) in [6, 6.07) is 19.7. The first-order valence-corrected chi connectivity index (χ1v) is 8.67. The molecule has 27 heavy (non-hydrogen) atoms. The number of rotatable bonds is 3. The Kier molecular flexibility index (Phi) is 4.20. The molecule has 2 heterocycles. The summed E-state index contributed by atoms with van der Waals surface area (Å²) in [5.74, 6) is 0.354. The number of methoxy groups -OCH3 is 1. The first kappa shape index (κ1) is 17.0. The molecule has 134 valence electrons. The van der Waals surface area contributed by atoms with Crippen LogP contribution >= 0.6 is 0 Å². The maximum absolute atomic E-state index is 12.2. The molecule has 0 unspecified atom stereocenters. The Hall–Kier alpha value is -3.47. The smallest absolute Gasteiger partial charge is 0.339 e. The van der Waals surface area contributed by atoms with Gasteiger partial charge in [0.15, 0.2) is 0 Å². The highest BCUT2D eigenvalue weighted by atomic mass is 16.5. The van der Waals surface area contributed by atoms with Crippen molar-refractivity contribution in [2.45, 2.75) is 6.92 Å². The van der Waals surface area contributed by atoms with Gasteiger partial charge in [0.1, 0.15) is 5.82 Å². The standard InChI is InChI=1S/C22H19N3O2/c1-14-16(22(26)27-3)13-17(20(23-14)15-9-5-4-6-10-15)21-24-18-11-7-8-12-19(18)25(21)2/h4-13H,1-3H3. The summed E-state index contributed by atoms with van der Waals surface area (Å²) >= 11 is 0. The first-order valence-electron chi connectivity index (χ1n) is 8.67. The molecule has 0 aliphatic carbocycles. The van der Waals surface area contributed by atoms with Crippen LogP contribution in [0, 0.1) is 6.92 Å². The average Bonchev–Trinajstić information content (AvgIpc) is 3.04. The van der Waals surface area contributed by atoms with E-state index in [-0.39, 0.29) is 0 Å². The summed E-state index contributed by atoms with van der Waals surface area (Å²) in [6.45, 7) is 1.82. The van der Waals surface area contributed by atoms with E-state index in [0.717, 1.165) is 33.7 Å². The number of carbonyl (C=O) groups is 1. The Bertz CT molecular complexity index is 1150. The number of fused-ring (bicyclic) bond motifs is 1. The highest BCUT2D eigenvalue weighted by Crippen LogP contribution is 2.33. The van der Waals surface area contributed by atoms with Crippen LogP contribution in [0.3, 0.4) is 0 Å². The lowest BCUT2D eigenvalue weighted by molar-refractivity contribution is 0.0599. The molecule has 5 nitrogen and oxygen atoms in total. The van der Waals surface area contributed by atoms with Crippen molar-refractivity contribution in [2.24, 2.45) is 7.05 Å². The van der Waals surface area contributed by atoms with Gasteiger partial charge in [-0.2, -0.15) is 0 Å². The number of aromatic nitrogens is 3. The van der Waals surface area contributed by atoms with E-state index in [1.807, 2.05) is 79.2 Å². The molecule has 0 saturated carbocycles. The number of hydrogen-bond donors (Lipinski definition) is 0. The average molecular weight is 357 g/mol. The Balaban J connectivity index is 2.04. The SMILES string of the molecule is COC(=O)c1cc(-c2nc3ccccc3n2C)c(-c2ccccc2)nc1C. The van der Waals surface area contributed by atoms with Crippen molar-refractivity contribution in [3.05, 3.63) is 71.9 Å². The summed E-state index contributed by atoms with van der Waals surface area (Å²) in [4.78, 5) is 21.8. The molecule has 0 radical (unpaired) electrons. The van der Waals surface area contributed by atoms with Crippen LogP contribution < -0.4 is 0 Å². The molecule has 0 bridgehead atoms. The number of benzene rings is 2. The first-order chi connectivity index (χ1) is 13.1. The summed E-state index contributed by atoms with van der Waals surface area (Å²) in [6.07, 6.45) is 0. The van der Waals surface area contributed by atoms with Crippen LogP contribution in [0.1, 0.15) is 16.1 Å². The zero-order chi connectivity index (χ0) is 19.0. The highest BCUT2D eigenvalue weighted by molar-refractivity contribution is 5.94. The molecule has 2 aromatic carbocycles. The summed E-state index contributed by atoms with van der Waals surface area (Å²) in [5, 5.41) is 0. The predicted molar refractivity (Wildman–Crippen MR) is 105 cm³/mol. The van der Waals surface area contributed by atoms with E-state index in [4.69, 9.17) is 14.7 Å². The van der Waals surface area contributed by atoms with Crippen molar-refractivity contribution >= 4 is 17.0 Å². The van der Waals surface area contributed by atoms with Crippen LogP contribution in [-0.2, 0) is 11.8 Å². The molecule has 2 aromatic heterocycles. The molecule has 4 rings (SSSR count). The number of carbonyl (C=O) groups excluding carboxylic acids is 1. The third kappa shape index (κ3) is 2.87. The molecule has 5 heteroatoms. The van der Waals surface area contributed by atoms with E-state index in [1.54, 1.807) is 0 Å². The minimum atomic E-state index is -0.403. The number of para-hydroxylation sites is 2. The zero-order valence-corrected chi connectivity index (χ0v) is 15.4. The Labute approximate surface area is 157 Å². The fraction of sp³-hybridized carbons (Fsp3) is 0.136. The van der Waals surface area contributed by atoms with Crippen molar-refractivity contribution in [1.29, 1.82) is 0 Å². The lowest BCUT2D eigenvalue weighted by atomic mass is 10.0. The van der Waals surface area contributed by atoms with Gasteiger partial charge in [-0.15, -0.1) is 0 Å². The number of pyridine rings is 1. The van der Waals surface area contributed by atoms with Crippen LogP contribution in [-0.4, -0.2) is 27.6 Å². The number of esters is 1. The van der Waals surface area contributed by atoms with Crippen molar-refractivity contribution in [3.63, 3.8) is 0 Å². The van der Waals surface area contributed by atoms with Gasteiger partial charge in [0.05, 0.1) is 35.1 Å². The van der Waals surface area contributed by atoms with E-state index in [1.165, 1.54) is 7.11 Å². The van der Waals surface area contributed by atoms with Crippen molar-refractivity contribution in [3.8, 4) is 22.6 Å². The van der Waals surface area contributed by atoms with Crippen LogP contribution in [0.4, 0.5) is 0 Å². The predicted octanol–water partition coefficient (Wildman–Crippen LogP) is 4.40. The van der Waals surface area contributed by atoms with Gasteiger partial charge in [-0.25, -0.2) is 9.78 Å². The van der Waals surface area contributed by atoms with Gasteiger partial charge in [0.25, 0.3) is 0 Å². The van der Waals surface area contributed by atoms with Gasteiger partial charge < -0.3 is 9.30 Å². The van der Waals surface area contributed by atoms with Crippen molar-refractivity contribution in [1.82, 2.24) is 14.5 Å². The van der Waals surface area contributed by atoms with Gasteiger partial charge in [-0.3, -0.25) is 4.98 Å². The summed E-state index contributed by atoms with van der Waals surface area (Å²) < 4.78 is 6.96. The van der Waals surface area contributed by atoms with Gasteiger partial charge >= 0.3 is 5.97 Å². The minimum Gasteiger partial charge on any atom is -0.465 e. The number of ether oxygens (including phenoxy) is 1. The van der Waals surface area contributed by atoms with E-state index >= 15 is 0 Å². The molecule has 0 saturated heterocycles. The normalized spacial score (nSPS) is 10.9. The number of aryl methyl sites for hydroxylation is 2. The summed E-state index contributed by atoms with van der Waals surface area (Å²) in [7, 11) is 3.35. The van der Waals surface area contributed by atoms with Gasteiger partial charge in [-0.05, 0) is 25.1 Å². The maximum atomic E-state index is 12.2. The molecule has 0 aliphatic rings. The van der Waals surface area contributed by atoms with E-state index in [0.29, 0.717) is 11.3 Å². The fourth-order valence-corrected chi connectivity index (χ4v) is 3.29. The molecule has 0 aliphatic heterocycles. The molecule has 4 aromatic rings. The lowest BCUT2D eigenvalue weighted by Gasteiger charge is -2.13. The van der Waals surface area contributed by atoms with Gasteiger partial charge in [0, 0.05) is 18.2 Å². The van der Waals surface area contributed by atoms with Crippen LogP contribution in [0.5, 0.6) is 0 Å². The molecular formula is C22H19N3O2. The molecule has 0 spiro atoms. The van der Waals surface area contributed by atoms with Crippen LogP contribution in [0.2, 0.25) is 0 Å². The topological polar surface area (TPSA) is 57.0 Å². The lowest BCUT2D eigenvalue weighted by Crippen LogP contribution is -2.08. The van der Waals surface area contributed by atoms with Gasteiger partial charge in [-0.1, -0.05) is 42.5 Å². The Morgan fingerprint density at radius 3 is 2.41 bits per heavy atom. The van der Waals surface area contributed by atoms with E-state index in [9.17, 15) is 4.79 Å². The monoisotopic (exact) mass is 357 g/mol. The Morgan fingerprint density at radius 1 is 1.00 bits per heavy atom. The second-order valence-electron chi connectivity index (χ2n) is 6.36. The third-order valence-corrected chi connectivity index (χ3v) is 4.69. The minimum absolute atomic E-state index is 0.403. The van der Waals surface area contributed by atoms with Crippen molar-refractivity contribution in [2.75, 3.05) is 7.11 Å². The molecule has 0 fully saturated rings. The highest BCUT2D eigenvalue weighted by Gasteiger charge is 2.21. The fourth-order valence-electron chi connectivity index (χ4n) is 3.29. The molecule has 0 amide bonds. The molecular weight excluding hydrogens is 338 g/mol. The molecule has 0 atom stereocenters. The summed E-state index contributed by atoms with van der Waals surface area (Å²) in [5.41, 5.74) is 5.55. The number of nitrogens with zero attached hydrogens (tertiary/aromatic N) is 3. The van der Waals surface area contributed by atoms with Crippen LogP contribution in [0.15, 0.2) is 60.7 Å². The largest absolute Gasteiger partial charge is 0.465 e. The van der Waals surface area contributed by atoms with Crippen molar-refractivity contribution < 1.29 is 9.53 Å². The third-order valence-electron chi connectivity index (χ3n) is 4.69. The van der Waals surface area contributed by atoms with Crippen LogP contribution in [0.25, 0.3) is 33.7 Å². The zero-order valence-electron chi connectivity index (χ0n) is 15.4.